The van der Waals surface area contributed by atoms with Crippen LogP contribution >= 0.6 is 11.6 Å². The van der Waals surface area contributed by atoms with Gasteiger partial charge >= 0.3 is 0 Å². The third-order valence-electron chi connectivity index (χ3n) is 2.50. The highest BCUT2D eigenvalue weighted by Gasteiger charge is 2.06. The molecule has 0 radical (unpaired) electrons. The van der Waals surface area contributed by atoms with Crippen LogP contribution in [0.5, 0.6) is 0 Å². The van der Waals surface area contributed by atoms with E-state index in [1.54, 1.807) is 18.3 Å². The Morgan fingerprint density at radius 1 is 1.33 bits per heavy atom. The van der Waals surface area contributed by atoms with Crippen LogP contribution in [0.1, 0.15) is 0 Å². The summed E-state index contributed by atoms with van der Waals surface area (Å²) >= 11 is 6.07. The first kappa shape index (κ1) is 13.1. The Morgan fingerprint density at radius 2 is 2.11 bits per heavy atom. The monoisotopic (exact) mass is 284 g/mol. The molecule has 0 fully saturated rings. The first-order valence-corrected chi connectivity index (χ1v) is 7.86. The van der Waals surface area contributed by atoms with E-state index in [4.69, 9.17) is 11.6 Å². The number of nitrogens with one attached hydrogen (secondary N) is 1. The van der Waals surface area contributed by atoms with Gasteiger partial charge in [0.25, 0.3) is 0 Å². The molecule has 0 spiro atoms. The maximum atomic E-state index is 11.1. The van der Waals surface area contributed by atoms with Crippen LogP contribution in [0.3, 0.4) is 0 Å². The molecule has 1 heterocycles. The summed E-state index contributed by atoms with van der Waals surface area (Å²) in [5.74, 6) is 0.0873. The van der Waals surface area contributed by atoms with Crippen molar-refractivity contribution in [2.75, 3.05) is 23.9 Å². The second-order valence-electron chi connectivity index (χ2n) is 4.05. The quantitative estimate of drug-likeness (QED) is 0.936. The molecule has 1 aromatic heterocycles. The predicted octanol–water partition coefficient (Wildman–Crippen LogP) is 2.34. The number of fused-ring (bicyclic) bond motifs is 1. The third kappa shape index (κ3) is 3.11. The number of aromatic nitrogens is 1. The van der Waals surface area contributed by atoms with Crippen LogP contribution in [0.15, 0.2) is 30.5 Å². The highest BCUT2D eigenvalue weighted by molar-refractivity contribution is 7.90. The van der Waals surface area contributed by atoms with Crippen molar-refractivity contribution in [2.45, 2.75) is 0 Å². The zero-order chi connectivity index (χ0) is 13.2. The summed E-state index contributed by atoms with van der Waals surface area (Å²) in [5, 5.41) is 4.55. The van der Waals surface area contributed by atoms with Crippen LogP contribution in [0.4, 0.5) is 5.69 Å². The fourth-order valence-corrected chi connectivity index (χ4v) is 2.34. The maximum Gasteiger partial charge on any atom is 0.149 e. The van der Waals surface area contributed by atoms with Gasteiger partial charge in [-0.2, -0.15) is 0 Å². The van der Waals surface area contributed by atoms with Crippen molar-refractivity contribution in [3.63, 3.8) is 0 Å². The Hall–Kier alpha value is -1.33. The Bertz CT molecular complexity index is 671. The van der Waals surface area contributed by atoms with E-state index < -0.39 is 9.84 Å². The molecule has 0 saturated heterocycles. The van der Waals surface area contributed by atoms with Crippen molar-refractivity contribution in [1.82, 2.24) is 4.98 Å². The van der Waals surface area contributed by atoms with Crippen LogP contribution in [0.25, 0.3) is 10.9 Å². The molecule has 2 rings (SSSR count). The van der Waals surface area contributed by atoms with Crippen LogP contribution in [0, 0.1) is 0 Å². The van der Waals surface area contributed by atoms with E-state index in [0.29, 0.717) is 11.6 Å². The second-order valence-corrected chi connectivity index (χ2v) is 6.72. The lowest BCUT2D eigenvalue weighted by atomic mass is 10.2. The molecule has 0 aliphatic heterocycles. The Balaban J connectivity index is 2.26. The molecule has 4 nitrogen and oxygen atoms in total. The molecule has 1 N–H and O–H groups in total. The van der Waals surface area contributed by atoms with E-state index in [1.807, 2.05) is 12.1 Å². The summed E-state index contributed by atoms with van der Waals surface area (Å²) < 4.78 is 22.1. The summed E-state index contributed by atoms with van der Waals surface area (Å²) in [6.07, 6.45) is 2.90. The second kappa shape index (κ2) is 5.12. The predicted molar refractivity (Wildman–Crippen MR) is 75.0 cm³/mol. The molecule has 0 atom stereocenters. The van der Waals surface area contributed by atoms with Gasteiger partial charge in [0.1, 0.15) is 9.84 Å². The molecule has 0 aliphatic rings. The fourth-order valence-electron chi connectivity index (χ4n) is 1.65. The van der Waals surface area contributed by atoms with Crippen molar-refractivity contribution in [2.24, 2.45) is 0 Å². The molecule has 1 aromatic carbocycles. The van der Waals surface area contributed by atoms with Gasteiger partial charge in [0.15, 0.2) is 0 Å². The van der Waals surface area contributed by atoms with Crippen molar-refractivity contribution in [3.05, 3.63) is 35.5 Å². The van der Waals surface area contributed by atoms with E-state index in [2.05, 4.69) is 10.3 Å². The number of anilines is 1. The average Bonchev–Trinajstić information content (AvgIpc) is 2.31. The van der Waals surface area contributed by atoms with Crippen LogP contribution < -0.4 is 5.32 Å². The van der Waals surface area contributed by atoms with E-state index in [1.165, 1.54) is 6.26 Å². The van der Waals surface area contributed by atoms with Gasteiger partial charge in [-0.25, -0.2) is 8.42 Å². The number of pyridine rings is 1. The van der Waals surface area contributed by atoms with Gasteiger partial charge in [-0.15, -0.1) is 0 Å². The summed E-state index contributed by atoms with van der Waals surface area (Å²) in [4.78, 5) is 4.26. The number of hydrogen-bond acceptors (Lipinski definition) is 4. The van der Waals surface area contributed by atoms with Gasteiger partial charge in [0.2, 0.25) is 0 Å². The zero-order valence-electron chi connectivity index (χ0n) is 9.85. The molecule has 0 bridgehead atoms. The first-order chi connectivity index (χ1) is 8.47. The number of nitrogens with zero attached hydrogens (tertiary/aromatic N) is 1. The Morgan fingerprint density at radius 3 is 2.83 bits per heavy atom. The van der Waals surface area contributed by atoms with E-state index in [0.717, 1.165) is 16.6 Å². The minimum absolute atomic E-state index is 0.0873. The lowest BCUT2D eigenvalue weighted by molar-refractivity contribution is 0.602. The Kier molecular flexibility index (Phi) is 3.73. The normalized spacial score (nSPS) is 11.7. The van der Waals surface area contributed by atoms with E-state index in [9.17, 15) is 8.42 Å². The van der Waals surface area contributed by atoms with Gasteiger partial charge in [-0.1, -0.05) is 11.6 Å². The minimum Gasteiger partial charge on any atom is -0.382 e. The summed E-state index contributed by atoms with van der Waals surface area (Å²) in [6, 6.07) is 7.27. The largest absolute Gasteiger partial charge is 0.382 e. The van der Waals surface area contributed by atoms with Gasteiger partial charge in [-0.05, 0) is 24.3 Å². The summed E-state index contributed by atoms with van der Waals surface area (Å²) in [7, 11) is -2.96. The lowest BCUT2D eigenvalue weighted by Crippen LogP contribution is -2.14. The van der Waals surface area contributed by atoms with Crippen molar-refractivity contribution in [3.8, 4) is 0 Å². The first-order valence-electron chi connectivity index (χ1n) is 5.42. The summed E-state index contributed by atoms with van der Waals surface area (Å²) in [6.45, 7) is 0.353. The van der Waals surface area contributed by atoms with Crippen LogP contribution in [-0.2, 0) is 9.84 Å². The number of rotatable bonds is 4. The van der Waals surface area contributed by atoms with Gasteiger partial charge in [-0.3, -0.25) is 4.98 Å². The molecule has 2 aromatic rings. The maximum absolute atomic E-state index is 11.1. The number of benzene rings is 1. The van der Waals surface area contributed by atoms with Gasteiger partial charge in [0, 0.05) is 24.4 Å². The zero-order valence-corrected chi connectivity index (χ0v) is 11.4. The lowest BCUT2D eigenvalue weighted by Gasteiger charge is -2.09. The minimum atomic E-state index is -2.96. The van der Waals surface area contributed by atoms with E-state index >= 15 is 0 Å². The average molecular weight is 285 g/mol. The molecular formula is C12H13ClN2O2S. The molecule has 0 amide bonds. The highest BCUT2D eigenvalue weighted by Crippen LogP contribution is 2.27. The van der Waals surface area contributed by atoms with Gasteiger partial charge < -0.3 is 5.32 Å². The third-order valence-corrected chi connectivity index (χ3v) is 3.78. The van der Waals surface area contributed by atoms with Crippen LogP contribution in [0.2, 0.25) is 5.02 Å². The molecule has 18 heavy (non-hydrogen) atoms. The number of hydrogen-bond donors (Lipinski definition) is 1. The molecular weight excluding hydrogens is 272 g/mol. The van der Waals surface area contributed by atoms with Gasteiger partial charge in [0.05, 0.1) is 22.0 Å². The van der Waals surface area contributed by atoms with Crippen LogP contribution in [-0.4, -0.2) is 32.0 Å². The summed E-state index contributed by atoms with van der Waals surface area (Å²) in [5.41, 5.74) is 1.54. The molecule has 6 heteroatoms. The molecule has 0 aliphatic carbocycles. The van der Waals surface area contributed by atoms with Crippen molar-refractivity contribution < 1.29 is 8.42 Å². The highest BCUT2D eigenvalue weighted by atomic mass is 35.5. The Labute approximate surface area is 111 Å². The smallest absolute Gasteiger partial charge is 0.149 e. The number of halogens is 1. The molecule has 96 valence electrons. The topological polar surface area (TPSA) is 59.1 Å². The SMILES string of the molecule is CS(=O)(=O)CCNc1ccc(Cl)c2cccnc12. The van der Waals surface area contributed by atoms with E-state index in [-0.39, 0.29) is 5.75 Å². The molecule has 0 unspecified atom stereocenters. The van der Waals surface area contributed by atoms with Crippen molar-refractivity contribution in [1.29, 1.82) is 0 Å². The number of sulfone groups is 1. The standard InChI is InChI=1S/C12H13ClN2O2S/c1-18(16,17)8-7-14-11-5-4-10(13)9-3-2-6-15-12(9)11/h2-6,14H,7-8H2,1H3. The van der Waals surface area contributed by atoms with Crippen molar-refractivity contribution >= 4 is 38.0 Å². The fraction of sp³-hybridized carbons (Fsp3) is 0.250. The molecule has 0 saturated carbocycles.